The number of carbonyl (C=O) groups is 1. The molecule has 2 aromatic carbocycles. The monoisotopic (exact) mass is 327 g/mol. The lowest BCUT2D eigenvalue weighted by atomic mass is 10.1. The standard InChI is InChI=1S/C14H8Cl3NO2/c15-14(16,17)13(19)18-8-5-6-10-9-3-1-2-4-11(9)20-12(10)7-8/h1-7H,(H,18,19). The largest absolute Gasteiger partial charge is 0.456 e. The van der Waals surface area contributed by atoms with Crippen molar-refractivity contribution in [3.05, 3.63) is 42.5 Å². The number of fused-ring (bicyclic) bond motifs is 3. The van der Waals surface area contributed by atoms with Crippen LogP contribution in [0.15, 0.2) is 46.9 Å². The van der Waals surface area contributed by atoms with Crippen LogP contribution in [-0.2, 0) is 4.79 Å². The maximum absolute atomic E-state index is 11.6. The van der Waals surface area contributed by atoms with Crippen molar-refractivity contribution in [2.75, 3.05) is 5.32 Å². The molecule has 1 N–H and O–H groups in total. The number of alkyl halides is 3. The highest BCUT2D eigenvalue weighted by atomic mass is 35.6. The smallest absolute Gasteiger partial charge is 0.276 e. The van der Waals surface area contributed by atoms with Gasteiger partial charge in [0, 0.05) is 22.5 Å². The van der Waals surface area contributed by atoms with E-state index in [1.54, 1.807) is 12.1 Å². The first kappa shape index (κ1) is 13.6. The summed E-state index contributed by atoms with van der Waals surface area (Å²) >= 11 is 16.5. The average molecular weight is 329 g/mol. The van der Waals surface area contributed by atoms with Gasteiger partial charge in [-0.25, -0.2) is 0 Å². The lowest BCUT2D eigenvalue weighted by molar-refractivity contribution is -0.115. The van der Waals surface area contributed by atoms with Crippen molar-refractivity contribution in [3.63, 3.8) is 0 Å². The molecule has 0 aliphatic rings. The fraction of sp³-hybridized carbons (Fsp3) is 0.0714. The number of halogens is 3. The molecule has 1 amide bonds. The lowest BCUT2D eigenvalue weighted by Crippen LogP contribution is -2.26. The summed E-state index contributed by atoms with van der Waals surface area (Å²) in [7, 11) is 0. The molecule has 0 saturated carbocycles. The zero-order chi connectivity index (χ0) is 14.3. The second-order valence-corrected chi connectivity index (χ2v) is 6.54. The molecular weight excluding hydrogens is 321 g/mol. The highest BCUT2D eigenvalue weighted by Gasteiger charge is 2.30. The van der Waals surface area contributed by atoms with E-state index < -0.39 is 9.70 Å². The number of hydrogen-bond donors (Lipinski definition) is 1. The van der Waals surface area contributed by atoms with Gasteiger partial charge in [-0.05, 0) is 18.2 Å². The second-order valence-electron chi connectivity index (χ2n) is 4.26. The number of hydrogen-bond acceptors (Lipinski definition) is 2. The van der Waals surface area contributed by atoms with Crippen LogP contribution in [0.4, 0.5) is 5.69 Å². The van der Waals surface area contributed by atoms with Crippen molar-refractivity contribution in [3.8, 4) is 0 Å². The SMILES string of the molecule is O=C(Nc1ccc2c(c1)oc1ccccc12)C(Cl)(Cl)Cl. The first-order valence-electron chi connectivity index (χ1n) is 5.74. The van der Waals surface area contributed by atoms with Gasteiger partial charge in [0.25, 0.3) is 9.70 Å². The molecule has 0 spiro atoms. The molecule has 0 atom stereocenters. The molecule has 0 aliphatic carbocycles. The minimum atomic E-state index is -2.00. The van der Waals surface area contributed by atoms with Crippen molar-refractivity contribution in [1.82, 2.24) is 0 Å². The van der Waals surface area contributed by atoms with E-state index in [9.17, 15) is 4.79 Å². The van der Waals surface area contributed by atoms with Gasteiger partial charge in [0.05, 0.1) is 0 Å². The highest BCUT2D eigenvalue weighted by Crippen LogP contribution is 2.32. The minimum Gasteiger partial charge on any atom is -0.456 e. The van der Waals surface area contributed by atoms with Gasteiger partial charge in [-0.1, -0.05) is 53.0 Å². The summed E-state index contributed by atoms with van der Waals surface area (Å²) in [5.74, 6) is -0.710. The normalized spacial score (nSPS) is 11.9. The quantitative estimate of drug-likeness (QED) is 0.646. The van der Waals surface area contributed by atoms with Crippen molar-refractivity contribution in [2.24, 2.45) is 0 Å². The van der Waals surface area contributed by atoms with Crippen LogP contribution in [0.1, 0.15) is 0 Å². The van der Waals surface area contributed by atoms with Gasteiger partial charge in [0.15, 0.2) is 0 Å². The van der Waals surface area contributed by atoms with Crippen molar-refractivity contribution < 1.29 is 9.21 Å². The van der Waals surface area contributed by atoms with E-state index in [0.29, 0.717) is 11.3 Å². The van der Waals surface area contributed by atoms with Gasteiger partial charge < -0.3 is 9.73 Å². The topological polar surface area (TPSA) is 42.2 Å². The average Bonchev–Trinajstić information content (AvgIpc) is 2.75. The van der Waals surface area contributed by atoms with Crippen molar-refractivity contribution in [2.45, 2.75) is 3.79 Å². The van der Waals surface area contributed by atoms with Gasteiger partial charge in [0.2, 0.25) is 0 Å². The molecule has 1 heterocycles. The van der Waals surface area contributed by atoms with E-state index in [-0.39, 0.29) is 0 Å². The number of carbonyl (C=O) groups excluding carboxylic acids is 1. The summed E-state index contributed by atoms with van der Waals surface area (Å²) in [6, 6.07) is 13.0. The number of furan rings is 1. The van der Waals surface area contributed by atoms with Crippen LogP contribution in [0, 0.1) is 0 Å². The molecule has 0 bridgehead atoms. The number of rotatable bonds is 1. The molecule has 3 rings (SSSR count). The zero-order valence-corrected chi connectivity index (χ0v) is 12.3. The first-order valence-corrected chi connectivity index (χ1v) is 6.88. The molecule has 3 aromatic rings. The van der Waals surface area contributed by atoms with E-state index in [4.69, 9.17) is 39.2 Å². The van der Waals surface area contributed by atoms with Gasteiger partial charge in [-0.3, -0.25) is 4.79 Å². The zero-order valence-electron chi connectivity index (χ0n) is 9.99. The summed E-state index contributed by atoms with van der Waals surface area (Å²) in [6.45, 7) is 0. The Hall–Kier alpha value is -1.42. The summed E-state index contributed by atoms with van der Waals surface area (Å²) in [5, 5.41) is 4.50. The van der Waals surface area contributed by atoms with Crippen LogP contribution in [0.5, 0.6) is 0 Å². The van der Waals surface area contributed by atoms with Crippen LogP contribution >= 0.6 is 34.8 Å². The summed E-state index contributed by atoms with van der Waals surface area (Å²) in [6.07, 6.45) is 0. The second kappa shape index (κ2) is 4.85. The highest BCUT2D eigenvalue weighted by molar-refractivity contribution is 6.76. The molecule has 0 unspecified atom stereocenters. The van der Waals surface area contributed by atoms with E-state index in [0.717, 1.165) is 16.4 Å². The fourth-order valence-corrected chi connectivity index (χ4v) is 2.15. The van der Waals surface area contributed by atoms with E-state index in [1.807, 2.05) is 30.3 Å². The van der Waals surface area contributed by atoms with Crippen LogP contribution < -0.4 is 5.32 Å². The molecule has 20 heavy (non-hydrogen) atoms. The predicted octanol–water partition coefficient (Wildman–Crippen LogP) is 4.89. The molecule has 0 aliphatic heterocycles. The maximum Gasteiger partial charge on any atom is 0.276 e. The Balaban J connectivity index is 2.03. The summed E-state index contributed by atoms with van der Waals surface area (Å²) < 4.78 is 3.71. The third-order valence-electron chi connectivity index (χ3n) is 2.89. The number of para-hydroxylation sites is 1. The minimum absolute atomic E-state index is 0.507. The summed E-state index contributed by atoms with van der Waals surface area (Å²) in [5.41, 5.74) is 1.95. The molecule has 3 nitrogen and oxygen atoms in total. The Morgan fingerprint density at radius 3 is 2.45 bits per heavy atom. The number of nitrogens with one attached hydrogen (secondary N) is 1. The fourth-order valence-electron chi connectivity index (χ4n) is 2.01. The van der Waals surface area contributed by atoms with Crippen LogP contribution in [-0.4, -0.2) is 9.70 Å². The third kappa shape index (κ3) is 2.44. The Labute approximate surface area is 129 Å². The van der Waals surface area contributed by atoms with E-state index in [1.165, 1.54) is 0 Å². The van der Waals surface area contributed by atoms with E-state index in [2.05, 4.69) is 5.32 Å². The Morgan fingerprint density at radius 1 is 1.00 bits per heavy atom. The molecular formula is C14H8Cl3NO2. The third-order valence-corrected chi connectivity index (χ3v) is 3.41. The predicted molar refractivity (Wildman–Crippen MR) is 82.6 cm³/mol. The van der Waals surface area contributed by atoms with Gasteiger partial charge in [0.1, 0.15) is 11.2 Å². The van der Waals surface area contributed by atoms with Crippen LogP contribution in [0.2, 0.25) is 0 Å². The first-order chi connectivity index (χ1) is 9.45. The molecule has 0 saturated heterocycles. The van der Waals surface area contributed by atoms with Crippen LogP contribution in [0.3, 0.4) is 0 Å². The summed E-state index contributed by atoms with van der Waals surface area (Å²) in [4.78, 5) is 11.6. The Kier molecular flexibility index (Phi) is 3.28. The number of benzene rings is 2. The van der Waals surface area contributed by atoms with Crippen LogP contribution in [0.25, 0.3) is 21.9 Å². The Morgan fingerprint density at radius 2 is 1.70 bits per heavy atom. The maximum atomic E-state index is 11.6. The molecule has 0 radical (unpaired) electrons. The number of amides is 1. The lowest BCUT2D eigenvalue weighted by Gasteiger charge is -2.11. The molecule has 102 valence electrons. The molecule has 0 fully saturated rings. The van der Waals surface area contributed by atoms with E-state index >= 15 is 0 Å². The van der Waals surface area contributed by atoms with Gasteiger partial charge >= 0.3 is 0 Å². The van der Waals surface area contributed by atoms with Gasteiger partial charge in [-0.2, -0.15) is 0 Å². The molecule has 1 aromatic heterocycles. The van der Waals surface area contributed by atoms with Gasteiger partial charge in [-0.15, -0.1) is 0 Å². The van der Waals surface area contributed by atoms with Crippen molar-refractivity contribution >= 4 is 68.3 Å². The Bertz CT molecular complexity index is 805. The number of anilines is 1. The van der Waals surface area contributed by atoms with Crippen molar-refractivity contribution in [1.29, 1.82) is 0 Å². The molecule has 6 heteroatoms.